The van der Waals surface area contributed by atoms with Crippen molar-refractivity contribution in [3.8, 4) is 11.5 Å². The van der Waals surface area contributed by atoms with Gasteiger partial charge >= 0.3 is 5.97 Å². The fourth-order valence-electron chi connectivity index (χ4n) is 3.08. The number of amides is 1. The lowest BCUT2D eigenvalue weighted by Crippen LogP contribution is -2.37. The molecule has 2 aromatic rings. The van der Waals surface area contributed by atoms with Crippen LogP contribution in [-0.4, -0.2) is 36.2 Å². The highest BCUT2D eigenvalue weighted by Crippen LogP contribution is 2.30. The number of aliphatic carboxylic acids is 1. The fraction of sp³-hybridized carbons (Fsp3) is 0.333. The summed E-state index contributed by atoms with van der Waals surface area (Å²) in [5.41, 5.74) is 1.89. The van der Waals surface area contributed by atoms with E-state index in [9.17, 15) is 9.59 Å². The molecule has 0 radical (unpaired) electrons. The molecule has 1 heterocycles. The van der Waals surface area contributed by atoms with Gasteiger partial charge in [-0.15, -0.1) is 0 Å². The van der Waals surface area contributed by atoms with Crippen LogP contribution in [-0.2, 0) is 22.4 Å². The van der Waals surface area contributed by atoms with Gasteiger partial charge in [-0.05, 0) is 36.1 Å². The minimum absolute atomic E-state index is 0.0157. The van der Waals surface area contributed by atoms with Gasteiger partial charge in [0.25, 0.3) is 0 Å². The van der Waals surface area contributed by atoms with Gasteiger partial charge < -0.3 is 19.9 Å². The molecule has 6 heteroatoms. The van der Waals surface area contributed by atoms with E-state index in [1.165, 1.54) is 0 Å². The summed E-state index contributed by atoms with van der Waals surface area (Å²) >= 11 is 0. The van der Waals surface area contributed by atoms with E-state index < -0.39 is 5.97 Å². The number of fused-ring (bicyclic) bond motifs is 1. The molecule has 1 aliphatic rings. The molecule has 2 aromatic carbocycles. The van der Waals surface area contributed by atoms with Gasteiger partial charge in [-0.1, -0.05) is 36.4 Å². The van der Waals surface area contributed by atoms with Crippen LogP contribution >= 0.6 is 0 Å². The third-order valence-electron chi connectivity index (χ3n) is 4.37. The van der Waals surface area contributed by atoms with Gasteiger partial charge in [-0.25, -0.2) is 0 Å². The summed E-state index contributed by atoms with van der Waals surface area (Å²) in [5.74, 6) is 0.333. The van der Waals surface area contributed by atoms with Crippen LogP contribution < -0.4 is 14.8 Å². The highest BCUT2D eigenvalue weighted by Gasteiger charge is 2.17. The van der Waals surface area contributed by atoms with Gasteiger partial charge in [0.05, 0.1) is 6.42 Å². The third kappa shape index (κ3) is 5.74. The van der Waals surface area contributed by atoms with E-state index in [1.54, 1.807) is 0 Å². The van der Waals surface area contributed by atoms with Gasteiger partial charge in [-0.2, -0.15) is 0 Å². The quantitative estimate of drug-likeness (QED) is 0.747. The van der Waals surface area contributed by atoms with Crippen molar-refractivity contribution in [2.45, 2.75) is 31.7 Å². The Labute approximate surface area is 158 Å². The lowest BCUT2D eigenvalue weighted by atomic mass is 10.0. The molecular formula is C21H23NO5. The number of nitrogens with one attached hydrogen (secondary N) is 1. The molecule has 0 bridgehead atoms. The molecule has 0 aromatic heterocycles. The fourth-order valence-corrected chi connectivity index (χ4v) is 3.08. The zero-order valence-corrected chi connectivity index (χ0v) is 15.0. The first-order valence-corrected chi connectivity index (χ1v) is 9.04. The number of carbonyl (C=O) groups is 2. The molecule has 27 heavy (non-hydrogen) atoms. The molecule has 2 N–H and O–H groups in total. The molecule has 0 saturated carbocycles. The smallest absolute Gasteiger partial charge is 0.303 e. The molecule has 142 valence electrons. The van der Waals surface area contributed by atoms with Crippen LogP contribution in [0, 0.1) is 0 Å². The number of hydrogen-bond donors (Lipinski definition) is 2. The van der Waals surface area contributed by atoms with Crippen LogP contribution in [0.1, 0.15) is 24.0 Å². The Morgan fingerprint density at radius 2 is 1.74 bits per heavy atom. The van der Waals surface area contributed by atoms with Crippen LogP contribution in [0.2, 0.25) is 0 Å². The van der Waals surface area contributed by atoms with Crippen molar-refractivity contribution in [1.29, 1.82) is 0 Å². The standard InChI is InChI=1S/C21H23NO5/c23-20(14-16-6-8-18-19(13-16)27-11-10-26-18)22-17(7-9-21(24)25)12-15-4-2-1-3-5-15/h1-6,8,13,17H,7,9-12,14H2,(H,22,23)(H,24,25). The number of rotatable bonds is 8. The highest BCUT2D eigenvalue weighted by atomic mass is 16.6. The Bertz CT molecular complexity index is 790. The largest absolute Gasteiger partial charge is 0.486 e. The van der Waals surface area contributed by atoms with E-state index in [4.69, 9.17) is 14.6 Å². The number of hydrogen-bond acceptors (Lipinski definition) is 4. The normalized spacial score (nSPS) is 13.6. The van der Waals surface area contributed by atoms with Crippen molar-refractivity contribution in [3.05, 3.63) is 59.7 Å². The van der Waals surface area contributed by atoms with E-state index >= 15 is 0 Å². The summed E-state index contributed by atoms with van der Waals surface area (Å²) in [6, 6.07) is 15.0. The second-order valence-corrected chi connectivity index (χ2v) is 6.54. The van der Waals surface area contributed by atoms with E-state index in [-0.39, 0.29) is 24.8 Å². The first kappa shape index (κ1) is 18.8. The van der Waals surface area contributed by atoms with Crippen molar-refractivity contribution in [1.82, 2.24) is 5.32 Å². The molecule has 1 unspecified atom stereocenters. The molecule has 0 aliphatic carbocycles. The minimum atomic E-state index is -0.867. The zero-order valence-electron chi connectivity index (χ0n) is 15.0. The van der Waals surface area contributed by atoms with Crippen molar-refractivity contribution in [3.63, 3.8) is 0 Å². The van der Waals surface area contributed by atoms with Gasteiger partial charge in [0.2, 0.25) is 5.91 Å². The third-order valence-corrected chi connectivity index (χ3v) is 4.37. The predicted molar refractivity (Wildman–Crippen MR) is 100 cm³/mol. The van der Waals surface area contributed by atoms with Crippen LogP contribution in [0.25, 0.3) is 0 Å². The average Bonchev–Trinajstić information content (AvgIpc) is 2.67. The second kappa shape index (κ2) is 9.07. The lowest BCUT2D eigenvalue weighted by Gasteiger charge is -2.20. The molecule has 0 spiro atoms. The first-order valence-electron chi connectivity index (χ1n) is 9.04. The SMILES string of the molecule is O=C(O)CCC(Cc1ccccc1)NC(=O)Cc1ccc2c(c1)OCCO2. The topological polar surface area (TPSA) is 84.9 Å². The highest BCUT2D eigenvalue weighted by molar-refractivity contribution is 5.79. The lowest BCUT2D eigenvalue weighted by molar-refractivity contribution is -0.137. The average molecular weight is 369 g/mol. The molecular weight excluding hydrogens is 346 g/mol. The van der Waals surface area contributed by atoms with Gasteiger partial charge in [0, 0.05) is 12.5 Å². The maximum Gasteiger partial charge on any atom is 0.303 e. The van der Waals surface area contributed by atoms with Crippen LogP contribution in [0.4, 0.5) is 0 Å². The first-order chi connectivity index (χ1) is 13.1. The summed E-state index contributed by atoms with van der Waals surface area (Å²) in [6.45, 7) is 1.02. The summed E-state index contributed by atoms with van der Waals surface area (Å²) < 4.78 is 11.0. The minimum Gasteiger partial charge on any atom is -0.486 e. The number of carboxylic acid groups (broad SMARTS) is 1. The van der Waals surface area contributed by atoms with Crippen LogP contribution in [0.5, 0.6) is 11.5 Å². The van der Waals surface area contributed by atoms with Crippen molar-refractivity contribution >= 4 is 11.9 Å². The molecule has 6 nitrogen and oxygen atoms in total. The number of ether oxygens (including phenoxy) is 2. The van der Waals surface area contributed by atoms with Crippen LogP contribution in [0.15, 0.2) is 48.5 Å². The molecule has 1 atom stereocenters. The van der Waals surface area contributed by atoms with Gasteiger partial charge in [0.15, 0.2) is 11.5 Å². The van der Waals surface area contributed by atoms with Gasteiger partial charge in [-0.3, -0.25) is 9.59 Å². The van der Waals surface area contributed by atoms with Crippen molar-refractivity contribution in [2.75, 3.05) is 13.2 Å². The Balaban J connectivity index is 1.61. The molecule has 0 saturated heterocycles. The Hall–Kier alpha value is -3.02. The summed E-state index contributed by atoms with van der Waals surface area (Å²) in [5, 5.41) is 11.9. The molecule has 3 rings (SSSR count). The maximum absolute atomic E-state index is 12.5. The molecule has 1 amide bonds. The maximum atomic E-state index is 12.5. The molecule has 0 fully saturated rings. The van der Waals surface area contributed by atoms with E-state index in [0.717, 1.165) is 11.1 Å². The Morgan fingerprint density at radius 1 is 1.00 bits per heavy atom. The molecule has 1 aliphatic heterocycles. The second-order valence-electron chi connectivity index (χ2n) is 6.54. The van der Waals surface area contributed by atoms with Gasteiger partial charge in [0.1, 0.15) is 13.2 Å². The number of carboxylic acids is 1. The predicted octanol–water partition coefficient (Wildman–Crippen LogP) is 2.59. The summed E-state index contributed by atoms with van der Waals surface area (Å²) in [7, 11) is 0. The monoisotopic (exact) mass is 369 g/mol. The number of carbonyl (C=O) groups excluding carboxylic acids is 1. The van der Waals surface area contributed by atoms with Crippen molar-refractivity contribution < 1.29 is 24.2 Å². The Morgan fingerprint density at radius 3 is 2.48 bits per heavy atom. The summed E-state index contributed by atoms with van der Waals surface area (Å²) in [4.78, 5) is 23.4. The van der Waals surface area contributed by atoms with Crippen LogP contribution in [0.3, 0.4) is 0 Å². The van der Waals surface area contributed by atoms with Crippen molar-refractivity contribution in [2.24, 2.45) is 0 Å². The number of benzene rings is 2. The van der Waals surface area contributed by atoms with E-state index in [1.807, 2.05) is 48.5 Å². The summed E-state index contributed by atoms with van der Waals surface area (Å²) in [6.07, 6.45) is 1.20. The van der Waals surface area contributed by atoms with E-state index in [0.29, 0.717) is 37.6 Å². The van der Waals surface area contributed by atoms with E-state index in [2.05, 4.69) is 5.32 Å². The Kier molecular flexibility index (Phi) is 6.30. The zero-order chi connectivity index (χ0) is 19.1.